The van der Waals surface area contributed by atoms with Gasteiger partial charge in [0.25, 0.3) is 5.69 Å². The Hall–Kier alpha value is -2.55. The number of halogens is 1. The fraction of sp³-hybridized carbons (Fsp3) is 0.474. The van der Waals surface area contributed by atoms with Gasteiger partial charge in [0.05, 0.1) is 17.4 Å². The normalized spacial score (nSPS) is 15.6. The maximum Gasteiger partial charge on any atom is 0.269 e. The van der Waals surface area contributed by atoms with Gasteiger partial charge >= 0.3 is 0 Å². The van der Waals surface area contributed by atoms with Crippen molar-refractivity contribution in [2.24, 2.45) is 12.0 Å². The molecular formula is C19H23FN4O3S. The Bertz CT molecular complexity index is 932. The highest BCUT2D eigenvalue weighted by atomic mass is 32.1. The lowest BCUT2D eigenvalue weighted by atomic mass is 9.96. The number of carbonyl (C=O) groups is 1. The Labute approximate surface area is 166 Å². The maximum atomic E-state index is 13.8. The van der Waals surface area contributed by atoms with Crippen molar-refractivity contribution in [3.8, 4) is 0 Å². The number of aromatic nitrogens is 1. The van der Waals surface area contributed by atoms with Gasteiger partial charge in [-0.2, -0.15) is 0 Å². The summed E-state index contributed by atoms with van der Waals surface area (Å²) in [6, 6.07) is 3.64. The van der Waals surface area contributed by atoms with Crippen molar-refractivity contribution < 1.29 is 14.1 Å². The molecule has 0 unspecified atom stereocenters. The SMILES string of the molecule is Cn1c(CC(=O)NCc2cc([N+](=O)[O-])ccc2F)csc1=NC1CCCCC1. The van der Waals surface area contributed by atoms with E-state index in [1.807, 2.05) is 17.0 Å². The first kappa shape index (κ1) is 20.2. The molecule has 28 heavy (non-hydrogen) atoms. The van der Waals surface area contributed by atoms with Crippen molar-refractivity contribution in [2.45, 2.75) is 51.1 Å². The second kappa shape index (κ2) is 9.09. The number of hydrogen-bond donors (Lipinski definition) is 1. The highest BCUT2D eigenvalue weighted by molar-refractivity contribution is 7.07. The van der Waals surface area contributed by atoms with Gasteiger partial charge in [0.1, 0.15) is 5.82 Å². The van der Waals surface area contributed by atoms with Gasteiger partial charge in [-0.25, -0.2) is 4.39 Å². The van der Waals surface area contributed by atoms with E-state index in [1.54, 1.807) is 0 Å². The first-order chi connectivity index (χ1) is 13.4. The number of nitro benzene ring substituents is 1. The number of amides is 1. The number of nitrogens with zero attached hydrogens (tertiary/aromatic N) is 3. The second-order valence-corrected chi connectivity index (χ2v) is 7.81. The van der Waals surface area contributed by atoms with Crippen LogP contribution in [0.15, 0.2) is 28.6 Å². The molecule has 150 valence electrons. The molecule has 1 N–H and O–H groups in total. The average molecular weight is 406 g/mol. The molecule has 0 aliphatic heterocycles. The number of non-ortho nitro benzene ring substituents is 1. The third-order valence-corrected chi connectivity index (χ3v) is 5.92. The highest BCUT2D eigenvalue weighted by Crippen LogP contribution is 2.20. The van der Waals surface area contributed by atoms with Gasteiger partial charge in [-0.1, -0.05) is 19.3 Å². The molecule has 0 radical (unpaired) electrons. The molecule has 1 aliphatic carbocycles. The van der Waals surface area contributed by atoms with Crippen LogP contribution in [0.4, 0.5) is 10.1 Å². The van der Waals surface area contributed by atoms with Crippen molar-refractivity contribution in [3.63, 3.8) is 0 Å². The summed E-state index contributed by atoms with van der Waals surface area (Å²) in [6.45, 7) is -0.0977. The quantitative estimate of drug-likeness (QED) is 0.590. The summed E-state index contributed by atoms with van der Waals surface area (Å²) in [5.41, 5.74) is 0.714. The molecule has 9 heteroatoms. The summed E-state index contributed by atoms with van der Waals surface area (Å²) >= 11 is 1.52. The number of nitrogens with one attached hydrogen (secondary N) is 1. The lowest BCUT2D eigenvalue weighted by Gasteiger charge is -2.16. The molecule has 1 fully saturated rings. The maximum absolute atomic E-state index is 13.8. The second-order valence-electron chi connectivity index (χ2n) is 6.98. The molecule has 0 atom stereocenters. The molecule has 0 bridgehead atoms. The monoisotopic (exact) mass is 406 g/mol. The van der Waals surface area contributed by atoms with Gasteiger partial charge < -0.3 is 9.88 Å². The van der Waals surface area contributed by atoms with Crippen molar-refractivity contribution >= 4 is 22.9 Å². The van der Waals surface area contributed by atoms with Gasteiger partial charge in [-0.15, -0.1) is 11.3 Å². The number of thiazole rings is 1. The van der Waals surface area contributed by atoms with E-state index in [0.717, 1.165) is 41.5 Å². The van der Waals surface area contributed by atoms with Crippen molar-refractivity contribution in [2.75, 3.05) is 0 Å². The van der Waals surface area contributed by atoms with E-state index < -0.39 is 10.7 Å². The highest BCUT2D eigenvalue weighted by Gasteiger charge is 2.15. The third kappa shape index (κ3) is 5.03. The molecule has 0 spiro atoms. The number of benzene rings is 1. The van der Waals surface area contributed by atoms with Crippen molar-refractivity contribution in [1.82, 2.24) is 9.88 Å². The van der Waals surface area contributed by atoms with Gasteiger partial charge in [-0.05, 0) is 18.9 Å². The van der Waals surface area contributed by atoms with Crippen LogP contribution in [0.5, 0.6) is 0 Å². The van der Waals surface area contributed by atoms with E-state index in [2.05, 4.69) is 5.32 Å². The minimum atomic E-state index is -0.590. The van der Waals surface area contributed by atoms with Gasteiger partial charge in [0.2, 0.25) is 5.91 Å². The summed E-state index contributed by atoms with van der Waals surface area (Å²) in [5.74, 6) is -0.857. The smallest absolute Gasteiger partial charge is 0.269 e. The Kier molecular flexibility index (Phi) is 6.56. The van der Waals surface area contributed by atoms with E-state index in [4.69, 9.17) is 4.99 Å². The van der Waals surface area contributed by atoms with E-state index >= 15 is 0 Å². The van der Waals surface area contributed by atoms with Crippen LogP contribution in [0.2, 0.25) is 0 Å². The number of rotatable bonds is 6. The van der Waals surface area contributed by atoms with Crippen LogP contribution in [-0.2, 0) is 24.8 Å². The summed E-state index contributed by atoms with van der Waals surface area (Å²) in [4.78, 5) is 28.2. The molecule has 1 aromatic carbocycles. The zero-order valence-corrected chi connectivity index (χ0v) is 16.5. The molecule has 0 saturated heterocycles. The van der Waals surface area contributed by atoms with Crippen molar-refractivity contribution in [1.29, 1.82) is 0 Å². The molecule has 1 saturated carbocycles. The summed E-state index contributed by atoms with van der Waals surface area (Å²) in [7, 11) is 1.89. The first-order valence-corrected chi connectivity index (χ1v) is 10.2. The Balaban J connectivity index is 1.62. The largest absolute Gasteiger partial charge is 0.352 e. The predicted octanol–water partition coefficient (Wildman–Crippen LogP) is 3.23. The van der Waals surface area contributed by atoms with E-state index in [-0.39, 0.29) is 30.1 Å². The minimum absolute atomic E-state index is 0.0882. The zero-order chi connectivity index (χ0) is 20.1. The molecule has 1 aromatic heterocycles. The number of carbonyl (C=O) groups excluding carboxylic acids is 1. The van der Waals surface area contributed by atoms with Crippen LogP contribution in [0.1, 0.15) is 43.4 Å². The molecule has 1 heterocycles. The average Bonchev–Trinajstić information content (AvgIpc) is 3.01. The van der Waals surface area contributed by atoms with Gasteiger partial charge in [-0.3, -0.25) is 19.9 Å². The Morgan fingerprint density at radius 1 is 1.39 bits per heavy atom. The zero-order valence-electron chi connectivity index (χ0n) is 15.7. The van der Waals surface area contributed by atoms with Crippen molar-refractivity contribution in [3.05, 3.63) is 55.6 Å². The topological polar surface area (TPSA) is 89.5 Å². The Morgan fingerprint density at radius 2 is 2.14 bits per heavy atom. The standard InChI is InChI=1S/C19H23FN4O3S/c1-23-16(12-28-19(23)22-14-5-3-2-4-6-14)10-18(25)21-11-13-9-15(24(26)27)7-8-17(13)20/h7-9,12,14H,2-6,10-11H2,1H3,(H,21,25). The summed E-state index contributed by atoms with van der Waals surface area (Å²) < 4.78 is 15.7. The van der Waals surface area contributed by atoms with E-state index in [0.29, 0.717) is 6.04 Å². The fourth-order valence-electron chi connectivity index (χ4n) is 3.28. The Morgan fingerprint density at radius 3 is 2.86 bits per heavy atom. The van der Waals surface area contributed by atoms with Crippen LogP contribution < -0.4 is 10.1 Å². The van der Waals surface area contributed by atoms with E-state index in [1.165, 1.54) is 30.6 Å². The predicted molar refractivity (Wildman–Crippen MR) is 104 cm³/mol. The van der Waals surface area contributed by atoms with Gasteiger partial charge in [0.15, 0.2) is 4.80 Å². The molecule has 2 aromatic rings. The third-order valence-electron chi connectivity index (χ3n) is 4.94. The molecule has 1 amide bonds. The number of nitro groups is 1. The van der Waals surface area contributed by atoms with Crippen LogP contribution >= 0.6 is 11.3 Å². The minimum Gasteiger partial charge on any atom is -0.352 e. The van der Waals surface area contributed by atoms with E-state index in [9.17, 15) is 19.3 Å². The summed E-state index contributed by atoms with van der Waals surface area (Å²) in [6.07, 6.45) is 6.08. The lowest BCUT2D eigenvalue weighted by Crippen LogP contribution is -2.27. The first-order valence-electron chi connectivity index (χ1n) is 9.31. The van der Waals surface area contributed by atoms with Gasteiger partial charge in [0, 0.05) is 42.4 Å². The molecule has 7 nitrogen and oxygen atoms in total. The molecular weight excluding hydrogens is 383 g/mol. The summed E-state index contributed by atoms with van der Waals surface area (Å²) in [5, 5.41) is 15.4. The van der Waals surface area contributed by atoms with Crippen LogP contribution in [0, 0.1) is 15.9 Å². The van der Waals surface area contributed by atoms with Crippen LogP contribution in [-0.4, -0.2) is 21.4 Å². The van der Waals surface area contributed by atoms with Crippen LogP contribution in [0.25, 0.3) is 0 Å². The number of hydrogen-bond acceptors (Lipinski definition) is 5. The van der Waals surface area contributed by atoms with Crippen LogP contribution in [0.3, 0.4) is 0 Å². The lowest BCUT2D eigenvalue weighted by molar-refractivity contribution is -0.385. The fourth-order valence-corrected chi connectivity index (χ4v) is 4.24. The molecule has 3 rings (SSSR count). The molecule has 1 aliphatic rings.